The highest BCUT2D eigenvalue weighted by molar-refractivity contribution is 14.1. The lowest BCUT2D eigenvalue weighted by atomic mass is 10.3. The van der Waals surface area contributed by atoms with Crippen LogP contribution in [-0.4, -0.2) is 25.3 Å². The molecule has 0 radical (unpaired) electrons. The van der Waals surface area contributed by atoms with Crippen molar-refractivity contribution in [1.82, 2.24) is 4.98 Å². The molecule has 0 fully saturated rings. The van der Waals surface area contributed by atoms with Gasteiger partial charge >= 0.3 is 0 Å². The van der Waals surface area contributed by atoms with Crippen LogP contribution in [0.25, 0.3) is 0 Å². The van der Waals surface area contributed by atoms with Gasteiger partial charge in [0.1, 0.15) is 0 Å². The number of rotatable bonds is 5. The molecule has 0 atom stereocenters. The van der Waals surface area contributed by atoms with Crippen LogP contribution in [-0.2, 0) is 4.74 Å². The summed E-state index contributed by atoms with van der Waals surface area (Å²) in [7, 11) is 1.69. The van der Waals surface area contributed by atoms with E-state index in [-0.39, 0.29) is 0 Å². The van der Waals surface area contributed by atoms with Crippen molar-refractivity contribution < 1.29 is 9.47 Å². The zero-order chi connectivity index (χ0) is 10.4. The minimum atomic E-state index is 0.653. The highest BCUT2D eigenvalue weighted by atomic mass is 127. The van der Waals surface area contributed by atoms with Crippen molar-refractivity contribution in [1.29, 1.82) is 0 Å². The number of aromatic nitrogens is 1. The second-order valence-corrected chi connectivity index (χ2v) is 4.13. The molecule has 0 amide bonds. The van der Waals surface area contributed by atoms with Gasteiger partial charge in [-0.1, -0.05) is 0 Å². The van der Waals surface area contributed by atoms with Crippen LogP contribution in [0.3, 0.4) is 0 Å². The van der Waals surface area contributed by atoms with Gasteiger partial charge in [-0.2, -0.15) is 0 Å². The normalized spacial score (nSPS) is 10.2. The fourth-order valence-corrected chi connectivity index (χ4v) is 1.35. The minimum absolute atomic E-state index is 0.653. The predicted octanol–water partition coefficient (Wildman–Crippen LogP) is 2.41. The highest BCUT2D eigenvalue weighted by Gasteiger charge is 1.99. The molecule has 1 aromatic rings. The highest BCUT2D eigenvalue weighted by Crippen LogP contribution is 2.15. The van der Waals surface area contributed by atoms with Crippen LogP contribution in [0.4, 0.5) is 0 Å². The van der Waals surface area contributed by atoms with E-state index in [1.165, 1.54) is 9.13 Å². The van der Waals surface area contributed by atoms with Crippen molar-refractivity contribution >= 4 is 22.6 Å². The van der Waals surface area contributed by atoms with E-state index in [0.29, 0.717) is 12.5 Å². The average Bonchev–Trinajstić information content (AvgIpc) is 2.18. The summed E-state index contributed by atoms with van der Waals surface area (Å²) in [5.41, 5.74) is 1.18. The lowest BCUT2D eigenvalue weighted by molar-refractivity contribution is 0.170. The Kier molecular flexibility index (Phi) is 5.17. The van der Waals surface area contributed by atoms with Gasteiger partial charge in [0.15, 0.2) is 0 Å². The maximum absolute atomic E-state index is 5.45. The van der Waals surface area contributed by atoms with Crippen molar-refractivity contribution in [3.63, 3.8) is 0 Å². The number of halogens is 1. The van der Waals surface area contributed by atoms with Gasteiger partial charge in [-0.15, -0.1) is 0 Å². The molecule has 3 nitrogen and oxygen atoms in total. The molecule has 0 aliphatic carbocycles. The summed E-state index contributed by atoms with van der Waals surface area (Å²) in [4.78, 5) is 4.17. The Morgan fingerprint density at radius 2 is 2.21 bits per heavy atom. The molecule has 0 unspecified atom stereocenters. The van der Waals surface area contributed by atoms with Crippen molar-refractivity contribution in [2.24, 2.45) is 0 Å². The molecular weight excluding hydrogens is 293 g/mol. The van der Waals surface area contributed by atoms with Gasteiger partial charge in [0.25, 0.3) is 0 Å². The molecule has 0 aliphatic rings. The summed E-state index contributed by atoms with van der Waals surface area (Å²) >= 11 is 2.27. The van der Waals surface area contributed by atoms with Crippen LogP contribution >= 0.6 is 22.6 Å². The smallest absolute Gasteiger partial charge is 0.214 e. The van der Waals surface area contributed by atoms with Gasteiger partial charge in [-0.05, 0) is 35.1 Å². The first-order chi connectivity index (χ1) is 6.74. The summed E-state index contributed by atoms with van der Waals surface area (Å²) in [5.74, 6) is 0.691. The summed E-state index contributed by atoms with van der Waals surface area (Å²) in [5, 5.41) is 0. The summed E-state index contributed by atoms with van der Waals surface area (Å²) in [6.45, 7) is 3.41. The van der Waals surface area contributed by atoms with Crippen LogP contribution in [0.5, 0.6) is 5.88 Å². The second-order valence-electron chi connectivity index (χ2n) is 2.97. The fraction of sp³-hybridized carbons (Fsp3) is 0.500. The lowest BCUT2D eigenvalue weighted by Gasteiger charge is -2.05. The van der Waals surface area contributed by atoms with Crippen LogP contribution in [0.2, 0.25) is 0 Å². The topological polar surface area (TPSA) is 31.4 Å². The molecule has 0 aliphatic heterocycles. The van der Waals surface area contributed by atoms with Gasteiger partial charge in [-0.25, -0.2) is 4.98 Å². The predicted molar refractivity (Wildman–Crippen MR) is 63.7 cm³/mol. The molecule has 1 aromatic heterocycles. The Balaban J connectivity index is 2.39. The third-order valence-electron chi connectivity index (χ3n) is 1.76. The minimum Gasteiger partial charge on any atom is -0.478 e. The van der Waals surface area contributed by atoms with E-state index >= 15 is 0 Å². The molecule has 0 N–H and O–H groups in total. The SMILES string of the molecule is COCCCOc1cc(I)c(C)cn1. The molecule has 0 saturated heterocycles. The van der Waals surface area contributed by atoms with Crippen LogP contribution in [0, 0.1) is 10.5 Å². The Hall–Kier alpha value is -0.360. The van der Waals surface area contributed by atoms with Crippen molar-refractivity contribution in [2.45, 2.75) is 13.3 Å². The first-order valence-electron chi connectivity index (χ1n) is 4.48. The van der Waals surface area contributed by atoms with E-state index in [0.717, 1.165) is 13.0 Å². The third kappa shape index (κ3) is 3.79. The standard InChI is InChI=1S/C10H14INO2/c1-8-7-12-10(6-9(8)11)14-5-3-4-13-2/h6-7H,3-5H2,1-2H3. The van der Waals surface area contributed by atoms with Gasteiger partial charge in [0.05, 0.1) is 6.61 Å². The lowest BCUT2D eigenvalue weighted by Crippen LogP contribution is -2.02. The first-order valence-corrected chi connectivity index (χ1v) is 5.56. The number of ether oxygens (including phenoxy) is 2. The third-order valence-corrected chi connectivity index (χ3v) is 2.92. The molecule has 1 rings (SSSR count). The van der Waals surface area contributed by atoms with Crippen molar-refractivity contribution in [3.05, 3.63) is 21.4 Å². The molecule has 0 spiro atoms. The maximum Gasteiger partial charge on any atom is 0.214 e. The largest absolute Gasteiger partial charge is 0.478 e. The van der Waals surface area contributed by atoms with Crippen molar-refractivity contribution in [3.8, 4) is 5.88 Å². The summed E-state index contributed by atoms with van der Waals surface area (Å²) in [6.07, 6.45) is 2.72. The Labute approximate surface area is 98.0 Å². The van der Waals surface area contributed by atoms with E-state index in [9.17, 15) is 0 Å². The van der Waals surface area contributed by atoms with Gasteiger partial charge < -0.3 is 9.47 Å². The maximum atomic E-state index is 5.45. The number of pyridine rings is 1. The number of nitrogens with zero attached hydrogens (tertiary/aromatic N) is 1. The first kappa shape index (κ1) is 11.7. The summed E-state index contributed by atoms with van der Waals surface area (Å²) < 4.78 is 11.5. The van der Waals surface area contributed by atoms with E-state index < -0.39 is 0 Å². The molecular formula is C10H14INO2. The number of aryl methyl sites for hydroxylation is 1. The molecule has 0 saturated carbocycles. The van der Waals surface area contributed by atoms with Crippen LogP contribution < -0.4 is 4.74 Å². The van der Waals surface area contributed by atoms with Crippen LogP contribution in [0.1, 0.15) is 12.0 Å². The van der Waals surface area contributed by atoms with E-state index in [2.05, 4.69) is 27.6 Å². The van der Waals surface area contributed by atoms with E-state index in [1.807, 2.05) is 19.2 Å². The van der Waals surface area contributed by atoms with Gasteiger partial charge in [-0.3, -0.25) is 0 Å². The van der Waals surface area contributed by atoms with Gasteiger partial charge in [0.2, 0.25) is 5.88 Å². The Morgan fingerprint density at radius 1 is 1.43 bits per heavy atom. The zero-order valence-electron chi connectivity index (χ0n) is 8.42. The van der Waals surface area contributed by atoms with Gasteiger partial charge in [0, 0.05) is 36.0 Å². The number of methoxy groups -OCH3 is 1. The zero-order valence-corrected chi connectivity index (χ0v) is 10.6. The Bertz CT molecular complexity index is 291. The molecule has 78 valence electrons. The number of hydrogen-bond acceptors (Lipinski definition) is 3. The second kappa shape index (κ2) is 6.19. The van der Waals surface area contributed by atoms with E-state index in [1.54, 1.807) is 7.11 Å². The van der Waals surface area contributed by atoms with Crippen molar-refractivity contribution in [2.75, 3.05) is 20.3 Å². The average molecular weight is 307 g/mol. The summed E-state index contributed by atoms with van der Waals surface area (Å²) in [6, 6.07) is 1.95. The van der Waals surface area contributed by atoms with E-state index in [4.69, 9.17) is 9.47 Å². The van der Waals surface area contributed by atoms with Crippen LogP contribution in [0.15, 0.2) is 12.3 Å². The molecule has 0 bridgehead atoms. The number of hydrogen-bond donors (Lipinski definition) is 0. The quantitative estimate of drug-likeness (QED) is 0.618. The molecule has 1 heterocycles. The molecule has 0 aromatic carbocycles. The Morgan fingerprint density at radius 3 is 2.86 bits per heavy atom. The molecule has 14 heavy (non-hydrogen) atoms. The molecule has 4 heteroatoms. The fourth-order valence-electron chi connectivity index (χ4n) is 0.941. The monoisotopic (exact) mass is 307 g/mol.